The fourth-order valence-corrected chi connectivity index (χ4v) is 2.78. The van der Waals surface area contributed by atoms with E-state index in [-0.39, 0.29) is 11.6 Å². The maximum atomic E-state index is 12.7. The van der Waals surface area contributed by atoms with Gasteiger partial charge in [-0.1, -0.05) is 22.0 Å². The Balaban J connectivity index is 1.89. The second kappa shape index (κ2) is 5.94. The number of alkyl halides is 3. The van der Waals surface area contributed by atoms with Crippen molar-refractivity contribution in [1.29, 1.82) is 0 Å². The number of fused-ring (bicyclic) bond motifs is 1. The lowest BCUT2D eigenvalue weighted by Crippen LogP contribution is -2.14. The number of halogens is 4. The molecule has 1 aromatic heterocycles. The van der Waals surface area contributed by atoms with E-state index < -0.39 is 17.6 Å². The number of aryl methyl sites for hydroxylation is 1. The number of hydrogen-bond acceptors (Lipinski definition) is 3. The van der Waals surface area contributed by atoms with Gasteiger partial charge in [-0.3, -0.25) is 10.1 Å². The van der Waals surface area contributed by atoms with E-state index in [4.69, 9.17) is 4.42 Å². The second-order valence-corrected chi connectivity index (χ2v) is 6.04. The van der Waals surface area contributed by atoms with Crippen LogP contribution in [0.5, 0.6) is 0 Å². The van der Waals surface area contributed by atoms with Crippen molar-refractivity contribution in [1.82, 2.24) is 4.98 Å². The number of oxazole rings is 1. The highest BCUT2D eigenvalue weighted by Gasteiger charge is 2.31. The smallest absolute Gasteiger partial charge is 0.416 e. The Hall–Kier alpha value is -2.35. The van der Waals surface area contributed by atoms with Crippen LogP contribution in [-0.2, 0) is 6.18 Å². The third-order valence-corrected chi connectivity index (χ3v) is 3.77. The van der Waals surface area contributed by atoms with Crippen LogP contribution >= 0.6 is 15.9 Å². The number of anilines is 1. The first-order valence-corrected chi connectivity index (χ1v) is 7.58. The molecule has 8 heteroatoms. The molecule has 0 bridgehead atoms. The molecule has 1 amide bonds. The standard InChI is InChI=1S/C16H10BrF3N2O2/c1-8-5-11(17)7-12-13(8)24-15(21-12)22-14(23)9-3-2-4-10(6-9)16(18,19)20/h2-7H,1H3,(H,21,22,23). The zero-order valence-corrected chi connectivity index (χ0v) is 13.8. The minimum Gasteiger partial charge on any atom is -0.423 e. The van der Waals surface area contributed by atoms with Crippen molar-refractivity contribution >= 4 is 39.0 Å². The fraction of sp³-hybridized carbons (Fsp3) is 0.125. The van der Waals surface area contributed by atoms with Gasteiger partial charge in [-0.2, -0.15) is 18.2 Å². The van der Waals surface area contributed by atoms with Crippen molar-refractivity contribution in [2.45, 2.75) is 13.1 Å². The molecule has 0 saturated heterocycles. The minimum absolute atomic E-state index is 0.0754. The summed E-state index contributed by atoms with van der Waals surface area (Å²) in [4.78, 5) is 16.3. The molecule has 0 unspecified atom stereocenters. The summed E-state index contributed by atoms with van der Waals surface area (Å²) < 4.78 is 44.4. The van der Waals surface area contributed by atoms with Crippen LogP contribution in [0.15, 0.2) is 45.3 Å². The van der Waals surface area contributed by atoms with Crippen LogP contribution < -0.4 is 5.32 Å². The molecule has 0 saturated carbocycles. The minimum atomic E-state index is -4.52. The SMILES string of the molecule is Cc1cc(Br)cc2nc(NC(=O)c3cccc(C(F)(F)F)c3)oc12. The number of amides is 1. The van der Waals surface area contributed by atoms with E-state index in [9.17, 15) is 18.0 Å². The monoisotopic (exact) mass is 398 g/mol. The predicted molar refractivity (Wildman–Crippen MR) is 85.8 cm³/mol. The Morgan fingerprint density at radius 3 is 2.71 bits per heavy atom. The third-order valence-electron chi connectivity index (χ3n) is 3.31. The van der Waals surface area contributed by atoms with Gasteiger partial charge in [0.1, 0.15) is 5.52 Å². The van der Waals surface area contributed by atoms with Crippen molar-refractivity contribution < 1.29 is 22.4 Å². The van der Waals surface area contributed by atoms with Gasteiger partial charge in [-0.25, -0.2) is 0 Å². The summed E-state index contributed by atoms with van der Waals surface area (Å²) in [5.74, 6) is -0.732. The first-order valence-electron chi connectivity index (χ1n) is 6.79. The molecule has 1 heterocycles. The number of rotatable bonds is 2. The number of aromatic nitrogens is 1. The Morgan fingerprint density at radius 1 is 1.25 bits per heavy atom. The number of nitrogens with zero attached hydrogens (tertiary/aromatic N) is 1. The van der Waals surface area contributed by atoms with Crippen molar-refractivity contribution in [3.05, 3.63) is 57.6 Å². The molecule has 0 radical (unpaired) electrons. The second-order valence-electron chi connectivity index (χ2n) is 5.12. The highest BCUT2D eigenvalue weighted by Crippen LogP contribution is 2.30. The summed E-state index contributed by atoms with van der Waals surface area (Å²) in [5, 5.41) is 2.37. The van der Waals surface area contributed by atoms with Crippen molar-refractivity contribution in [2.75, 3.05) is 5.32 Å². The molecular formula is C16H10BrF3N2O2. The Morgan fingerprint density at radius 2 is 2.00 bits per heavy atom. The number of carbonyl (C=O) groups excluding carboxylic acids is 1. The summed E-state index contributed by atoms with van der Waals surface area (Å²) in [7, 11) is 0. The first kappa shape index (κ1) is 16.5. The topological polar surface area (TPSA) is 55.1 Å². The predicted octanol–water partition coefficient (Wildman–Crippen LogP) is 5.17. The number of hydrogen-bond donors (Lipinski definition) is 1. The molecule has 3 rings (SSSR count). The van der Waals surface area contributed by atoms with Gasteiger partial charge >= 0.3 is 12.2 Å². The lowest BCUT2D eigenvalue weighted by atomic mass is 10.1. The molecule has 2 aromatic carbocycles. The molecule has 4 nitrogen and oxygen atoms in total. The van der Waals surface area contributed by atoms with Crippen molar-refractivity contribution in [3.8, 4) is 0 Å². The Bertz CT molecular complexity index is 935. The highest BCUT2D eigenvalue weighted by atomic mass is 79.9. The summed E-state index contributed by atoms with van der Waals surface area (Å²) in [5.41, 5.74) is 0.808. The van der Waals surface area contributed by atoms with Crippen LogP contribution in [-0.4, -0.2) is 10.9 Å². The normalized spacial score (nSPS) is 11.7. The van der Waals surface area contributed by atoms with E-state index in [1.165, 1.54) is 12.1 Å². The fourth-order valence-electron chi connectivity index (χ4n) is 2.22. The average molecular weight is 399 g/mol. The van der Waals surface area contributed by atoms with Crippen LogP contribution in [0.3, 0.4) is 0 Å². The quantitative estimate of drug-likeness (QED) is 0.647. The molecule has 0 fully saturated rings. The van der Waals surface area contributed by atoms with Crippen molar-refractivity contribution in [3.63, 3.8) is 0 Å². The van der Waals surface area contributed by atoms with Gasteiger partial charge in [-0.15, -0.1) is 0 Å². The summed E-state index contributed by atoms with van der Waals surface area (Å²) in [6, 6.07) is 7.60. The van der Waals surface area contributed by atoms with Gasteiger partial charge in [0.15, 0.2) is 5.58 Å². The number of nitrogens with one attached hydrogen (secondary N) is 1. The molecular weight excluding hydrogens is 389 g/mol. The lowest BCUT2D eigenvalue weighted by molar-refractivity contribution is -0.137. The first-order chi connectivity index (χ1) is 11.2. The number of benzene rings is 2. The summed E-state index contributed by atoms with van der Waals surface area (Å²) in [6.45, 7) is 1.82. The summed E-state index contributed by atoms with van der Waals surface area (Å²) >= 11 is 3.33. The maximum absolute atomic E-state index is 12.7. The van der Waals surface area contributed by atoms with Gasteiger partial charge in [0.05, 0.1) is 5.56 Å². The maximum Gasteiger partial charge on any atom is 0.416 e. The van der Waals surface area contributed by atoms with Crippen LogP contribution in [0.25, 0.3) is 11.1 Å². The average Bonchev–Trinajstić information content (AvgIpc) is 2.89. The largest absolute Gasteiger partial charge is 0.423 e. The summed E-state index contributed by atoms with van der Waals surface area (Å²) in [6.07, 6.45) is -4.52. The molecule has 1 N–H and O–H groups in total. The van der Waals surface area contributed by atoms with E-state index in [1.54, 1.807) is 6.07 Å². The van der Waals surface area contributed by atoms with E-state index in [0.717, 1.165) is 22.2 Å². The van der Waals surface area contributed by atoms with E-state index in [1.807, 2.05) is 13.0 Å². The van der Waals surface area contributed by atoms with E-state index in [0.29, 0.717) is 11.1 Å². The Labute approximate surface area is 142 Å². The number of carbonyl (C=O) groups is 1. The van der Waals surface area contributed by atoms with Gasteiger partial charge in [0, 0.05) is 10.0 Å². The van der Waals surface area contributed by atoms with E-state index >= 15 is 0 Å². The molecule has 0 aliphatic carbocycles. The zero-order valence-electron chi connectivity index (χ0n) is 12.2. The van der Waals surface area contributed by atoms with Gasteiger partial charge < -0.3 is 4.42 Å². The molecule has 24 heavy (non-hydrogen) atoms. The third kappa shape index (κ3) is 3.28. The van der Waals surface area contributed by atoms with Gasteiger partial charge in [0.2, 0.25) is 0 Å². The van der Waals surface area contributed by atoms with Crippen LogP contribution in [0.2, 0.25) is 0 Å². The molecule has 124 valence electrons. The molecule has 3 aromatic rings. The van der Waals surface area contributed by atoms with Gasteiger partial charge in [0.25, 0.3) is 5.91 Å². The lowest BCUT2D eigenvalue weighted by Gasteiger charge is -2.07. The van der Waals surface area contributed by atoms with Crippen LogP contribution in [0.1, 0.15) is 21.5 Å². The van der Waals surface area contributed by atoms with Gasteiger partial charge in [-0.05, 0) is 42.8 Å². The zero-order chi connectivity index (χ0) is 17.5. The highest BCUT2D eigenvalue weighted by molar-refractivity contribution is 9.10. The van der Waals surface area contributed by atoms with E-state index in [2.05, 4.69) is 26.2 Å². The van der Waals surface area contributed by atoms with Crippen LogP contribution in [0, 0.1) is 6.92 Å². The molecule has 0 aliphatic rings. The van der Waals surface area contributed by atoms with Crippen LogP contribution in [0.4, 0.5) is 19.2 Å². The van der Waals surface area contributed by atoms with Crippen molar-refractivity contribution in [2.24, 2.45) is 0 Å². The molecule has 0 spiro atoms. The molecule has 0 aliphatic heterocycles. The Kier molecular flexibility index (Phi) is 4.08. The molecule has 0 atom stereocenters.